The van der Waals surface area contributed by atoms with Crippen molar-refractivity contribution in [1.29, 1.82) is 0 Å². The molecule has 0 saturated heterocycles. The first kappa shape index (κ1) is 13.4. The van der Waals surface area contributed by atoms with E-state index in [2.05, 4.69) is 35.1 Å². The monoisotopic (exact) mass is 269 g/mol. The van der Waals surface area contributed by atoms with Crippen LogP contribution in [0.4, 0.5) is 5.69 Å². The largest absolute Gasteiger partial charge is 0.371 e. The molecule has 2 N–H and O–H groups in total. The van der Waals surface area contributed by atoms with Gasteiger partial charge in [-0.15, -0.1) is 0 Å². The van der Waals surface area contributed by atoms with Crippen molar-refractivity contribution in [3.8, 4) is 0 Å². The maximum atomic E-state index is 5.94. The summed E-state index contributed by atoms with van der Waals surface area (Å²) < 4.78 is 0. The second-order valence-corrected chi connectivity index (χ2v) is 5.76. The fraction of sp³-hybridized carbons (Fsp3) is 0.471. The number of benzene rings is 1. The average molecular weight is 269 g/mol. The van der Waals surface area contributed by atoms with Crippen LogP contribution < -0.4 is 10.6 Å². The topological polar surface area (TPSA) is 42.1 Å². The summed E-state index contributed by atoms with van der Waals surface area (Å²) in [7, 11) is 2.22. The first-order valence-electron chi connectivity index (χ1n) is 7.61. The molecule has 1 aromatic heterocycles. The summed E-state index contributed by atoms with van der Waals surface area (Å²) >= 11 is 0. The molecule has 1 saturated carbocycles. The highest BCUT2D eigenvalue weighted by Crippen LogP contribution is 2.33. The van der Waals surface area contributed by atoms with E-state index in [4.69, 9.17) is 5.73 Å². The van der Waals surface area contributed by atoms with Crippen molar-refractivity contribution >= 4 is 16.6 Å². The third-order valence-corrected chi connectivity index (χ3v) is 4.52. The molecule has 1 aliphatic rings. The number of anilines is 1. The van der Waals surface area contributed by atoms with E-state index in [1.54, 1.807) is 0 Å². The predicted octanol–water partition coefficient (Wildman–Crippen LogP) is 3.46. The highest BCUT2D eigenvalue weighted by Gasteiger charge is 2.21. The molecule has 1 aliphatic carbocycles. The number of pyridine rings is 1. The molecule has 20 heavy (non-hydrogen) atoms. The molecule has 3 rings (SSSR count). The van der Waals surface area contributed by atoms with E-state index in [9.17, 15) is 0 Å². The van der Waals surface area contributed by atoms with Crippen LogP contribution in [0.2, 0.25) is 0 Å². The average Bonchev–Trinajstić information content (AvgIpc) is 2.54. The third kappa shape index (κ3) is 2.38. The van der Waals surface area contributed by atoms with Gasteiger partial charge in [-0.3, -0.25) is 4.98 Å². The molecule has 0 bridgehead atoms. The van der Waals surface area contributed by atoms with Crippen LogP contribution in [0.15, 0.2) is 30.5 Å². The van der Waals surface area contributed by atoms with Crippen molar-refractivity contribution in [2.24, 2.45) is 5.73 Å². The lowest BCUT2D eigenvalue weighted by molar-refractivity contribution is 0.427. The van der Waals surface area contributed by atoms with Gasteiger partial charge in [0, 0.05) is 36.8 Å². The summed E-state index contributed by atoms with van der Waals surface area (Å²) in [5, 5.41) is 1.23. The molecule has 0 unspecified atom stereocenters. The zero-order valence-corrected chi connectivity index (χ0v) is 12.2. The van der Waals surface area contributed by atoms with E-state index >= 15 is 0 Å². The molecule has 106 valence electrons. The molecule has 3 nitrogen and oxygen atoms in total. The Balaban J connectivity index is 2.07. The molecule has 2 aromatic rings. The number of hydrogen-bond acceptors (Lipinski definition) is 3. The van der Waals surface area contributed by atoms with Crippen molar-refractivity contribution in [2.75, 3.05) is 11.9 Å². The minimum atomic E-state index is 0.546. The van der Waals surface area contributed by atoms with E-state index in [0.29, 0.717) is 12.6 Å². The minimum Gasteiger partial charge on any atom is -0.371 e. The van der Waals surface area contributed by atoms with Gasteiger partial charge in [0.25, 0.3) is 0 Å². The smallest absolute Gasteiger partial charge is 0.0723 e. The normalized spacial score (nSPS) is 16.5. The SMILES string of the molecule is CN(c1c(CN)cnc2ccccc12)C1CCCCC1. The maximum Gasteiger partial charge on any atom is 0.0723 e. The summed E-state index contributed by atoms with van der Waals surface area (Å²) in [5.74, 6) is 0. The molecule has 3 heteroatoms. The molecule has 1 fully saturated rings. The van der Waals surface area contributed by atoms with Gasteiger partial charge in [0.2, 0.25) is 0 Å². The second kappa shape index (κ2) is 5.80. The van der Waals surface area contributed by atoms with Gasteiger partial charge in [-0.1, -0.05) is 37.5 Å². The van der Waals surface area contributed by atoms with Crippen molar-refractivity contribution in [3.63, 3.8) is 0 Å². The quantitative estimate of drug-likeness (QED) is 0.927. The summed E-state index contributed by atoms with van der Waals surface area (Å²) in [6.07, 6.45) is 8.59. The van der Waals surface area contributed by atoms with E-state index < -0.39 is 0 Å². The molecule has 1 heterocycles. The Labute approximate surface area is 120 Å². The fourth-order valence-electron chi connectivity index (χ4n) is 3.38. The highest BCUT2D eigenvalue weighted by atomic mass is 15.1. The number of rotatable bonds is 3. The third-order valence-electron chi connectivity index (χ3n) is 4.52. The van der Waals surface area contributed by atoms with Crippen LogP contribution in [-0.4, -0.2) is 18.1 Å². The molecular formula is C17H23N3. The Bertz CT molecular complexity index is 588. The van der Waals surface area contributed by atoms with Crippen LogP contribution in [0.3, 0.4) is 0 Å². The van der Waals surface area contributed by atoms with Crippen LogP contribution in [0.5, 0.6) is 0 Å². The maximum absolute atomic E-state index is 5.94. The zero-order valence-electron chi connectivity index (χ0n) is 12.2. The van der Waals surface area contributed by atoms with Crippen LogP contribution in [0, 0.1) is 0 Å². The molecule has 0 radical (unpaired) electrons. The van der Waals surface area contributed by atoms with Gasteiger partial charge in [0.05, 0.1) is 11.2 Å². The van der Waals surface area contributed by atoms with Gasteiger partial charge in [-0.05, 0) is 18.9 Å². The Kier molecular flexibility index (Phi) is 3.88. The number of hydrogen-bond donors (Lipinski definition) is 1. The highest BCUT2D eigenvalue weighted by molar-refractivity contribution is 5.93. The lowest BCUT2D eigenvalue weighted by atomic mass is 9.93. The Morgan fingerprint density at radius 1 is 1.20 bits per heavy atom. The number of aromatic nitrogens is 1. The van der Waals surface area contributed by atoms with Crippen molar-refractivity contribution in [2.45, 2.75) is 44.7 Å². The van der Waals surface area contributed by atoms with Gasteiger partial charge < -0.3 is 10.6 Å². The molecule has 0 aliphatic heterocycles. The Morgan fingerprint density at radius 3 is 2.70 bits per heavy atom. The number of nitrogens with two attached hydrogens (primary N) is 1. The van der Waals surface area contributed by atoms with E-state index in [-0.39, 0.29) is 0 Å². The van der Waals surface area contributed by atoms with Crippen LogP contribution in [0.25, 0.3) is 10.9 Å². The molecule has 0 amide bonds. The van der Waals surface area contributed by atoms with Gasteiger partial charge in [0.1, 0.15) is 0 Å². The molecule has 1 aromatic carbocycles. The lowest BCUT2D eigenvalue weighted by Gasteiger charge is -2.34. The van der Waals surface area contributed by atoms with Gasteiger partial charge in [-0.25, -0.2) is 0 Å². The number of nitrogens with zero attached hydrogens (tertiary/aromatic N) is 2. The summed E-state index contributed by atoms with van der Waals surface area (Å²) in [5.41, 5.74) is 9.43. The first-order chi connectivity index (χ1) is 9.81. The minimum absolute atomic E-state index is 0.546. The van der Waals surface area contributed by atoms with Gasteiger partial charge >= 0.3 is 0 Å². The van der Waals surface area contributed by atoms with Gasteiger partial charge in [-0.2, -0.15) is 0 Å². The number of para-hydroxylation sites is 1. The Hall–Kier alpha value is -1.61. The van der Waals surface area contributed by atoms with E-state index in [0.717, 1.165) is 11.1 Å². The summed E-state index contributed by atoms with van der Waals surface area (Å²) in [6, 6.07) is 9.01. The van der Waals surface area contributed by atoms with Crippen molar-refractivity contribution < 1.29 is 0 Å². The second-order valence-electron chi connectivity index (χ2n) is 5.76. The van der Waals surface area contributed by atoms with E-state index in [1.165, 1.54) is 43.2 Å². The standard InChI is InChI=1S/C17H23N3/c1-20(14-7-3-2-4-8-14)17-13(11-18)12-19-16-10-6-5-9-15(16)17/h5-6,9-10,12,14H,2-4,7-8,11,18H2,1H3. The number of fused-ring (bicyclic) bond motifs is 1. The fourth-order valence-corrected chi connectivity index (χ4v) is 3.38. The lowest BCUT2D eigenvalue weighted by Crippen LogP contribution is -2.34. The first-order valence-corrected chi connectivity index (χ1v) is 7.61. The molecule has 0 atom stereocenters. The Morgan fingerprint density at radius 2 is 1.95 bits per heavy atom. The van der Waals surface area contributed by atoms with Crippen LogP contribution in [-0.2, 0) is 6.54 Å². The van der Waals surface area contributed by atoms with Crippen LogP contribution >= 0.6 is 0 Å². The molecular weight excluding hydrogens is 246 g/mol. The zero-order chi connectivity index (χ0) is 13.9. The predicted molar refractivity (Wildman–Crippen MR) is 84.9 cm³/mol. The summed E-state index contributed by atoms with van der Waals surface area (Å²) in [6.45, 7) is 0.546. The van der Waals surface area contributed by atoms with Crippen molar-refractivity contribution in [3.05, 3.63) is 36.0 Å². The summed E-state index contributed by atoms with van der Waals surface area (Å²) in [4.78, 5) is 6.98. The van der Waals surface area contributed by atoms with Crippen molar-refractivity contribution in [1.82, 2.24) is 4.98 Å². The van der Waals surface area contributed by atoms with Crippen LogP contribution in [0.1, 0.15) is 37.7 Å². The molecule has 0 spiro atoms. The van der Waals surface area contributed by atoms with E-state index in [1.807, 2.05) is 12.3 Å². The van der Waals surface area contributed by atoms with Gasteiger partial charge in [0.15, 0.2) is 0 Å².